The van der Waals surface area contributed by atoms with Crippen LogP contribution in [-0.2, 0) is 9.59 Å². The van der Waals surface area contributed by atoms with Crippen LogP contribution < -0.4 is 0 Å². The Bertz CT molecular complexity index is 952. The average Bonchev–Trinajstić information content (AvgIpc) is 2.86. The first-order chi connectivity index (χ1) is 15.9. The molecule has 1 unspecified atom stereocenters. The lowest BCUT2D eigenvalue weighted by molar-refractivity contribution is -0.159. The Hall–Kier alpha value is -3.45. The van der Waals surface area contributed by atoms with Gasteiger partial charge >= 0.3 is 11.9 Å². The third kappa shape index (κ3) is 7.29. The Morgan fingerprint density at radius 2 is 1.39 bits per heavy atom. The zero-order valence-corrected chi connectivity index (χ0v) is 18.6. The van der Waals surface area contributed by atoms with Crippen molar-refractivity contribution in [3.05, 3.63) is 72.3 Å². The maximum Gasteiger partial charge on any atom is 0.414 e. The molecule has 2 aliphatic rings. The molecule has 0 spiro atoms. The summed E-state index contributed by atoms with van der Waals surface area (Å²) in [6.45, 7) is 4.84. The molecule has 0 bridgehead atoms. The zero-order valence-electron chi connectivity index (χ0n) is 18.6. The largest absolute Gasteiger partial charge is 0.473 e. The molecule has 174 valence electrons. The van der Waals surface area contributed by atoms with Crippen LogP contribution in [0.15, 0.2) is 66.7 Å². The summed E-state index contributed by atoms with van der Waals surface area (Å²) < 4.78 is 0. The summed E-state index contributed by atoms with van der Waals surface area (Å²) in [5.41, 5.74) is 3.13. The quantitative estimate of drug-likeness (QED) is 0.545. The Kier molecular flexibility index (Phi) is 8.78. The number of nitrogens with zero attached hydrogens (tertiary/aromatic N) is 2. The first-order valence-corrected chi connectivity index (χ1v) is 11.2. The number of carbonyl (C=O) groups is 3. The predicted molar refractivity (Wildman–Crippen MR) is 126 cm³/mol. The van der Waals surface area contributed by atoms with E-state index in [4.69, 9.17) is 19.8 Å². The molecule has 1 aliphatic heterocycles. The molecule has 2 aromatic carbocycles. The molecule has 1 saturated heterocycles. The minimum absolute atomic E-state index is 0.162. The van der Waals surface area contributed by atoms with Crippen LogP contribution in [0.2, 0.25) is 0 Å². The molecule has 33 heavy (non-hydrogen) atoms. The van der Waals surface area contributed by atoms with E-state index in [0.29, 0.717) is 0 Å². The second-order valence-corrected chi connectivity index (χ2v) is 8.30. The van der Waals surface area contributed by atoms with Crippen LogP contribution in [0.5, 0.6) is 0 Å². The number of carboxylic acid groups (broad SMARTS) is 2. The summed E-state index contributed by atoms with van der Waals surface area (Å²) in [6.07, 6.45) is 8.38. The summed E-state index contributed by atoms with van der Waals surface area (Å²) in [7, 11) is 0. The first kappa shape index (κ1) is 24.2. The van der Waals surface area contributed by atoms with Crippen LogP contribution in [0.1, 0.15) is 29.6 Å². The van der Waals surface area contributed by atoms with Crippen molar-refractivity contribution in [2.24, 2.45) is 5.92 Å². The summed E-state index contributed by atoms with van der Waals surface area (Å²) >= 11 is 0. The topological polar surface area (TPSA) is 98.1 Å². The van der Waals surface area contributed by atoms with E-state index < -0.39 is 11.9 Å². The minimum Gasteiger partial charge on any atom is -0.473 e. The second-order valence-electron chi connectivity index (χ2n) is 8.30. The maximum absolute atomic E-state index is 12.8. The van der Waals surface area contributed by atoms with Crippen LogP contribution >= 0.6 is 0 Å². The van der Waals surface area contributed by atoms with Crippen LogP contribution in [0, 0.1) is 5.92 Å². The molecular formula is C26H30N2O5. The molecule has 0 radical (unpaired) electrons. The maximum atomic E-state index is 12.8. The number of piperazine rings is 1. The summed E-state index contributed by atoms with van der Waals surface area (Å²) in [4.78, 5) is 35.6. The number of carboxylic acids is 2. The van der Waals surface area contributed by atoms with Crippen LogP contribution in [0.4, 0.5) is 0 Å². The normalized spacial score (nSPS) is 18.2. The van der Waals surface area contributed by atoms with Crippen molar-refractivity contribution in [2.75, 3.05) is 32.7 Å². The molecule has 0 aromatic heterocycles. The molecule has 1 fully saturated rings. The zero-order chi connectivity index (χ0) is 23.6. The fourth-order valence-electron chi connectivity index (χ4n) is 4.14. The standard InChI is InChI=1S/C24H28N2O.C2H2O4/c27-24(23-13-11-22(12-14-23)21-9-5-2-6-10-21)26-17-15-25(16-18-26)19-20-7-3-1-4-8-20;3-1(4)2(5)6/h1-3,5-6,9-14,20H,4,7-8,15-19H2;(H,3,4)(H,5,6). The highest BCUT2D eigenvalue weighted by Crippen LogP contribution is 2.22. The van der Waals surface area contributed by atoms with Gasteiger partial charge in [-0.3, -0.25) is 9.69 Å². The van der Waals surface area contributed by atoms with Crippen LogP contribution in [0.3, 0.4) is 0 Å². The third-order valence-corrected chi connectivity index (χ3v) is 5.98. The summed E-state index contributed by atoms with van der Waals surface area (Å²) in [5.74, 6) is -2.69. The van der Waals surface area contributed by atoms with Gasteiger partial charge in [0.1, 0.15) is 0 Å². The second kappa shape index (κ2) is 12.0. The molecule has 7 nitrogen and oxygen atoms in total. The van der Waals surface area contributed by atoms with E-state index in [9.17, 15) is 4.79 Å². The SMILES string of the molecule is O=C(O)C(=O)O.O=C(c1ccc(-c2ccccc2)cc1)N1CCN(CC2CC=CCC2)CC1. The number of benzene rings is 2. The first-order valence-electron chi connectivity index (χ1n) is 11.2. The lowest BCUT2D eigenvalue weighted by Crippen LogP contribution is -2.49. The van der Waals surface area contributed by atoms with Crippen molar-refractivity contribution in [2.45, 2.75) is 19.3 Å². The molecule has 1 heterocycles. The van der Waals surface area contributed by atoms with E-state index in [1.165, 1.54) is 31.4 Å². The number of amides is 1. The molecule has 0 saturated carbocycles. The number of aliphatic carboxylic acids is 2. The van der Waals surface area contributed by atoms with E-state index in [0.717, 1.165) is 43.2 Å². The summed E-state index contributed by atoms with van der Waals surface area (Å²) in [6, 6.07) is 18.3. The fourth-order valence-corrected chi connectivity index (χ4v) is 4.14. The molecular weight excluding hydrogens is 420 g/mol. The Labute approximate surface area is 193 Å². The predicted octanol–water partition coefficient (Wildman–Crippen LogP) is 3.62. The number of rotatable bonds is 4. The van der Waals surface area contributed by atoms with Gasteiger partial charge in [0, 0.05) is 38.3 Å². The van der Waals surface area contributed by atoms with Gasteiger partial charge in [0.25, 0.3) is 5.91 Å². The van der Waals surface area contributed by atoms with Gasteiger partial charge in [0.15, 0.2) is 0 Å². The van der Waals surface area contributed by atoms with E-state index in [-0.39, 0.29) is 5.91 Å². The number of carbonyl (C=O) groups excluding carboxylic acids is 1. The van der Waals surface area contributed by atoms with E-state index >= 15 is 0 Å². The molecule has 7 heteroatoms. The third-order valence-electron chi connectivity index (χ3n) is 5.98. The average molecular weight is 451 g/mol. The molecule has 1 amide bonds. The van der Waals surface area contributed by atoms with Gasteiger partial charge in [0.05, 0.1) is 0 Å². The molecule has 2 aromatic rings. The van der Waals surface area contributed by atoms with Gasteiger partial charge in [0.2, 0.25) is 0 Å². The van der Waals surface area contributed by atoms with Gasteiger partial charge < -0.3 is 15.1 Å². The van der Waals surface area contributed by atoms with Gasteiger partial charge in [-0.15, -0.1) is 0 Å². The lowest BCUT2D eigenvalue weighted by Gasteiger charge is -2.36. The highest BCUT2D eigenvalue weighted by atomic mass is 16.4. The van der Waals surface area contributed by atoms with Crippen molar-refractivity contribution in [1.82, 2.24) is 9.80 Å². The van der Waals surface area contributed by atoms with Gasteiger partial charge in [-0.25, -0.2) is 9.59 Å². The van der Waals surface area contributed by atoms with Crippen molar-refractivity contribution in [3.8, 4) is 11.1 Å². The Morgan fingerprint density at radius 3 is 1.94 bits per heavy atom. The molecule has 2 N–H and O–H groups in total. The van der Waals surface area contributed by atoms with Crippen molar-refractivity contribution >= 4 is 17.8 Å². The minimum atomic E-state index is -1.82. The van der Waals surface area contributed by atoms with E-state index in [2.05, 4.69) is 41.3 Å². The van der Waals surface area contributed by atoms with Gasteiger partial charge in [-0.2, -0.15) is 0 Å². The number of allylic oxidation sites excluding steroid dienone is 2. The number of hydrogen-bond acceptors (Lipinski definition) is 4. The van der Waals surface area contributed by atoms with Crippen LogP contribution in [-0.4, -0.2) is 70.6 Å². The van der Waals surface area contributed by atoms with E-state index in [1.54, 1.807) is 0 Å². The number of hydrogen-bond donors (Lipinski definition) is 2. The Morgan fingerprint density at radius 1 is 0.788 bits per heavy atom. The highest BCUT2D eigenvalue weighted by Gasteiger charge is 2.24. The molecule has 1 aliphatic carbocycles. The highest BCUT2D eigenvalue weighted by molar-refractivity contribution is 6.27. The fraction of sp³-hybridized carbons (Fsp3) is 0.346. The van der Waals surface area contributed by atoms with E-state index in [1.807, 2.05) is 35.2 Å². The van der Waals surface area contributed by atoms with Crippen molar-refractivity contribution < 1.29 is 24.6 Å². The summed E-state index contributed by atoms with van der Waals surface area (Å²) in [5, 5.41) is 14.8. The Balaban J connectivity index is 0.000000454. The molecule has 1 atom stereocenters. The lowest BCUT2D eigenvalue weighted by atomic mass is 9.94. The van der Waals surface area contributed by atoms with Crippen LogP contribution in [0.25, 0.3) is 11.1 Å². The van der Waals surface area contributed by atoms with Gasteiger partial charge in [-0.05, 0) is 48.4 Å². The molecule has 4 rings (SSSR count). The smallest absolute Gasteiger partial charge is 0.414 e. The van der Waals surface area contributed by atoms with Gasteiger partial charge in [-0.1, -0.05) is 54.6 Å². The van der Waals surface area contributed by atoms with Crippen molar-refractivity contribution in [3.63, 3.8) is 0 Å². The monoisotopic (exact) mass is 450 g/mol. The van der Waals surface area contributed by atoms with Crippen molar-refractivity contribution in [1.29, 1.82) is 0 Å².